The van der Waals surface area contributed by atoms with Crippen LogP contribution in [0.3, 0.4) is 0 Å². The molecule has 1 aliphatic rings. The molecular formula is C21H27ClN2O3. The molecule has 6 heteroatoms. The predicted molar refractivity (Wildman–Crippen MR) is 108 cm³/mol. The second kappa shape index (κ2) is 10.9. The Bertz CT molecular complexity index is 716. The Kier molecular flexibility index (Phi) is 8.58. The summed E-state index contributed by atoms with van der Waals surface area (Å²) in [5.74, 6) is 0.859. The Morgan fingerprint density at radius 1 is 1.22 bits per heavy atom. The van der Waals surface area contributed by atoms with E-state index in [0.29, 0.717) is 26.2 Å². The lowest BCUT2D eigenvalue weighted by Crippen LogP contribution is -2.44. The number of rotatable bonds is 7. The van der Waals surface area contributed by atoms with Crippen molar-refractivity contribution in [3.05, 3.63) is 65.2 Å². The van der Waals surface area contributed by atoms with Gasteiger partial charge in [-0.15, -0.1) is 12.4 Å². The van der Waals surface area contributed by atoms with Gasteiger partial charge in [0, 0.05) is 25.6 Å². The Balaban J connectivity index is 0.00000261. The van der Waals surface area contributed by atoms with Crippen LogP contribution in [0.15, 0.2) is 48.5 Å². The average molecular weight is 391 g/mol. The molecule has 1 saturated heterocycles. The predicted octanol–water partition coefficient (Wildman–Crippen LogP) is 2.99. The molecule has 2 aromatic rings. The van der Waals surface area contributed by atoms with E-state index in [1.54, 1.807) is 0 Å². The molecule has 1 amide bonds. The van der Waals surface area contributed by atoms with Crippen molar-refractivity contribution < 1.29 is 14.3 Å². The number of hydrogen-bond donors (Lipinski definition) is 2. The quantitative estimate of drug-likeness (QED) is 0.763. The summed E-state index contributed by atoms with van der Waals surface area (Å²) in [5.41, 5.74) is 3.43. The van der Waals surface area contributed by atoms with E-state index >= 15 is 0 Å². The molecule has 2 aromatic carbocycles. The Morgan fingerprint density at radius 2 is 2.04 bits per heavy atom. The first kappa shape index (κ1) is 21.2. The highest BCUT2D eigenvalue weighted by atomic mass is 35.5. The Labute approximate surface area is 166 Å². The molecule has 146 valence electrons. The van der Waals surface area contributed by atoms with Gasteiger partial charge >= 0.3 is 0 Å². The van der Waals surface area contributed by atoms with Gasteiger partial charge in [0.2, 0.25) is 5.91 Å². The molecule has 0 aliphatic carbocycles. The summed E-state index contributed by atoms with van der Waals surface area (Å²) in [7, 11) is 0. The third kappa shape index (κ3) is 7.21. The van der Waals surface area contributed by atoms with Gasteiger partial charge in [0.1, 0.15) is 12.4 Å². The number of amides is 1. The normalized spacial score (nSPS) is 16.3. The van der Waals surface area contributed by atoms with Crippen molar-refractivity contribution >= 4 is 18.3 Å². The molecule has 0 aromatic heterocycles. The van der Waals surface area contributed by atoms with Gasteiger partial charge in [0.25, 0.3) is 0 Å². The van der Waals surface area contributed by atoms with Crippen LogP contribution < -0.4 is 15.4 Å². The number of aryl methyl sites for hydroxylation is 1. The number of ether oxygens (including phenoxy) is 2. The fourth-order valence-corrected chi connectivity index (χ4v) is 2.92. The summed E-state index contributed by atoms with van der Waals surface area (Å²) in [6.07, 6.45) is 0.442. The molecule has 27 heavy (non-hydrogen) atoms. The minimum atomic E-state index is 0. The number of halogens is 1. The fraction of sp³-hybridized carbons (Fsp3) is 0.381. The first-order valence-corrected chi connectivity index (χ1v) is 9.04. The van der Waals surface area contributed by atoms with E-state index in [1.807, 2.05) is 30.3 Å². The Hall–Kier alpha value is -2.08. The zero-order valence-corrected chi connectivity index (χ0v) is 16.4. The molecule has 1 heterocycles. The summed E-state index contributed by atoms with van der Waals surface area (Å²) in [5, 5.41) is 6.24. The van der Waals surface area contributed by atoms with E-state index in [-0.39, 0.29) is 24.4 Å². The van der Waals surface area contributed by atoms with Crippen LogP contribution in [0.1, 0.15) is 23.1 Å². The largest absolute Gasteiger partial charge is 0.489 e. The molecule has 0 bridgehead atoms. The number of morpholine rings is 1. The van der Waals surface area contributed by atoms with Gasteiger partial charge in [-0.1, -0.05) is 42.0 Å². The van der Waals surface area contributed by atoms with Gasteiger partial charge < -0.3 is 20.1 Å². The van der Waals surface area contributed by atoms with Gasteiger partial charge in [0.15, 0.2) is 0 Å². The molecule has 2 N–H and O–H groups in total. The van der Waals surface area contributed by atoms with Gasteiger partial charge in [-0.2, -0.15) is 0 Å². The number of carbonyl (C=O) groups is 1. The zero-order valence-electron chi connectivity index (χ0n) is 15.6. The second-order valence-electron chi connectivity index (χ2n) is 6.63. The van der Waals surface area contributed by atoms with Crippen molar-refractivity contribution in [1.29, 1.82) is 0 Å². The summed E-state index contributed by atoms with van der Waals surface area (Å²) in [6, 6.07) is 16.2. The van der Waals surface area contributed by atoms with Gasteiger partial charge in [-0.3, -0.25) is 4.79 Å². The molecule has 5 nitrogen and oxygen atoms in total. The highest BCUT2D eigenvalue weighted by Gasteiger charge is 2.16. The monoisotopic (exact) mass is 390 g/mol. The summed E-state index contributed by atoms with van der Waals surface area (Å²) >= 11 is 0. The highest BCUT2D eigenvalue weighted by Crippen LogP contribution is 2.15. The van der Waals surface area contributed by atoms with E-state index in [1.165, 1.54) is 5.56 Å². The maximum absolute atomic E-state index is 12.0. The average Bonchev–Trinajstić information content (AvgIpc) is 2.66. The van der Waals surface area contributed by atoms with Crippen LogP contribution in [0, 0.1) is 6.92 Å². The van der Waals surface area contributed by atoms with Gasteiger partial charge in [-0.25, -0.2) is 0 Å². The molecule has 1 fully saturated rings. The maximum atomic E-state index is 12.0. The Morgan fingerprint density at radius 3 is 2.74 bits per heavy atom. The summed E-state index contributed by atoms with van der Waals surface area (Å²) < 4.78 is 11.2. The van der Waals surface area contributed by atoms with Crippen LogP contribution in [0.25, 0.3) is 0 Å². The molecule has 3 rings (SSSR count). The standard InChI is InChI=1S/C21H26N2O3.ClH/c1-16-3-2-4-18(11-16)14-26-20-7-5-17(6-8-20)13-23-21(24)12-19-15-25-10-9-22-19;/h2-8,11,19,22H,9-10,12-15H2,1H3,(H,23,24);1H. The number of hydrogen-bond acceptors (Lipinski definition) is 4. The van der Waals surface area contributed by atoms with E-state index in [0.717, 1.165) is 30.0 Å². The van der Waals surface area contributed by atoms with E-state index < -0.39 is 0 Å². The van der Waals surface area contributed by atoms with Crippen molar-refractivity contribution in [3.8, 4) is 5.75 Å². The van der Waals surface area contributed by atoms with Crippen LogP contribution in [0.2, 0.25) is 0 Å². The SMILES string of the molecule is Cc1cccc(COc2ccc(CNC(=O)CC3COCCN3)cc2)c1.Cl. The van der Waals surface area contributed by atoms with Crippen LogP contribution in [-0.2, 0) is 22.7 Å². The molecule has 1 aliphatic heterocycles. The number of benzene rings is 2. The van der Waals surface area contributed by atoms with Crippen molar-refractivity contribution in [1.82, 2.24) is 10.6 Å². The van der Waals surface area contributed by atoms with Crippen LogP contribution in [0.4, 0.5) is 0 Å². The highest BCUT2D eigenvalue weighted by molar-refractivity contribution is 5.85. The first-order chi connectivity index (χ1) is 12.7. The van der Waals surface area contributed by atoms with Crippen molar-refractivity contribution in [2.75, 3.05) is 19.8 Å². The zero-order chi connectivity index (χ0) is 18.2. The van der Waals surface area contributed by atoms with Crippen LogP contribution >= 0.6 is 12.4 Å². The van der Waals surface area contributed by atoms with Crippen LogP contribution in [-0.4, -0.2) is 31.7 Å². The first-order valence-electron chi connectivity index (χ1n) is 9.04. The molecule has 1 unspecified atom stereocenters. The molecule has 0 radical (unpaired) electrons. The number of carbonyl (C=O) groups excluding carboxylic acids is 1. The molecule has 0 saturated carbocycles. The van der Waals surface area contributed by atoms with Crippen molar-refractivity contribution in [2.45, 2.75) is 32.5 Å². The molecule has 0 spiro atoms. The minimum absolute atomic E-state index is 0. The summed E-state index contributed by atoms with van der Waals surface area (Å²) in [4.78, 5) is 12.0. The third-order valence-electron chi connectivity index (χ3n) is 4.33. The smallest absolute Gasteiger partial charge is 0.221 e. The van der Waals surface area contributed by atoms with Crippen molar-refractivity contribution in [3.63, 3.8) is 0 Å². The van der Waals surface area contributed by atoms with E-state index in [2.05, 4.69) is 35.8 Å². The molecular weight excluding hydrogens is 364 g/mol. The lowest BCUT2D eigenvalue weighted by molar-refractivity contribution is -0.122. The summed E-state index contributed by atoms with van der Waals surface area (Å²) in [6.45, 7) is 5.27. The van der Waals surface area contributed by atoms with E-state index in [4.69, 9.17) is 9.47 Å². The lowest BCUT2D eigenvalue weighted by Gasteiger charge is -2.23. The third-order valence-corrected chi connectivity index (χ3v) is 4.33. The van der Waals surface area contributed by atoms with Gasteiger partial charge in [-0.05, 0) is 30.2 Å². The second-order valence-corrected chi connectivity index (χ2v) is 6.63. The lowest BCUT2D eigenvalue weighted by atomic mass is 10.1. The fourth-order valence-electron chi connectivity index (χ4n) is 2.92. The number of nitrogens with one attached hydrogen (secondary N) is 2. The minimum Gasteiger partial charge on any atom is -0.489 e. The van der Waals surface area contributed by atoms with Gasteiger partial charge in [0.05, 0.1) is 13.2 Å². The topological polar surface area (TPSA) is 59.6 Å². The van der Waals surface area contributed by atoms with E-state index in [9.17, 15) is 4.79 Å². The molecule has 1 atom stereocenters. The van der Waals surface area contributed by atoms with Crippen LogP contribution in [0.5, 0.6) is 5.75 Å². The maximum Gasteiger partial charge on any atom is 0.221 e. The van der Waals surface area contributed by atoms with Crippen molar-refractivity contribution in [2.24, 2.45) is 0 Å².